The van der Waals surface area contributed by atoms with E-state index >= 15 is 0 Å². The molecule has 0 aliphatic carbocycles. The van der Waals surface area contributed by atoms with Crippen molar-refractivity contribution in [2.75, 3.05) is 6.54 Å². The Balaban J connectivity index is 2.43. The summed E-state index contributed by atoms with van der Waals surface area (Å²) in [6.07, 6.45) is 0.970. The van der Waals surface area contributed by atoms with Crippen molar-refractivity contribution in [2.24, 2.45) is 0 Å². The van der Waals surface area contributed by atoms with E-state index in [0.29, 0.717) is 22.8 Å². The molecular formula is C9H13BrN2O2. The van der Waals surface area contributed by atoms with Crippen LogP contribution in [-0.4, -0.2) is 22.4 Å². The van der Waals surface area contributed by atoms with Crippen LogP contribution in [0.15, 0.2) is 10.6 Å². The molecule has 1 atom stereocenters. The summed E-state index contributed by atoms with van der Waals surface area (Å²) in [5.41, 5.74) is 0.332. The molecule has 4 nitrogen and oxygen atoms in total. The normalized spacial score (nSPS) is 12.5. The summed E-state index contributed by atoms with van der Waals surface area (Å²) in [6, 6.07) is 1.62. The maximum Gasteiger partial charge on any atom is 0.273 e. The minimum atomic E-state index is -0.195. The van der Waals surface area contributed by atoms with Crippen molar-refractivity contribution in [1.82, 2.24) is 10.5 Å². The Bertz CT molecular complexity index is 312. The molecule has 0 aliphatic rings. The molecule has 1 N–H and O–H groups in total. The maximum absolute atomic E-state index is 11.4. The lowest BCUT2D eigenvalue weighted by Gasteiger charge is -2.06. The van der Waals surface area contributed by atoms with Crippen molar-refractivity contribution < 1.29 is 9.32 Å². The summed E-state index contributed by atoms with van der Waals surface area (Å²) in [5, 5.41) is 6.37. The molecule has 1 heterocycles. The van der Waals surface area contributed by atoms with E-state index in [9.17, 15) is 4.79 Å². The van der Waals surface area contributed by atoms with Crippen LogP contribution in [0.1, 0.15) is 29.6 Å². The van der Waals surface area contributed by atoms with Crippen LogP contribution in [0.5, 0.6) is 0 Å². The number of nitrogens with zero attached hydrogens (tertiary/aromatic N) is 1. The van der Waals surface area contributed by atoms with Crippen LogP contribution in [0.25, 0.3) is 0 Å². The minimum absolute atomic E-state index is 0.195. The number of carbonyl (C=O) groups excluding carboxylic acids is 1. The first-order valence-corrected chi connectivity index (χ1v) is 5.40. The first kappa shape index (κ1) is 11.2. The highest BCUT2D eigenvalue weighted by molar-refractivity contribution is 9.09. The smallest absolute Gasteiger partial charge is 0.273 e. The fraction of sp³-hybridized carbons (Fsp3) is 0.556. The average molecular weight is 261 g/mol. The van der Waals surface area contributed by atoms with Crippen molar-refractivity contribution in [2.45, 2.75) is 25.1 Å². The van der Waals surface area contributed by atoms with Gasteiger partial charge in [0.15, 0.2) is 5.69 Å². The predicted octanol–water partition coefficient (Wildman–Crippen LogP) is 1.89. The van der Waals surface area contributed by atoms with E-state index in [0.717, 1.165) is 6.42 Å². The summed E-state index contributed by atoms with van der Waals surface area (Å²) in [5.74, 6) is 0.445. The molecule has 0 saturated heterocycles. The van der Waals surface area contributed by atoms with E-state index in [2.05, 4.69) is 26.4 Å². The Hall–Kier alpha value is -0.840. The predicted molar refractivity (Wildman–Crippen MR) is 56.6 cm³/mol. The van der Waals surface area contributed by atoms with Crippen LogP contribution in [0.3, 0.4) is 0 Å². The van der Waals surface area contributed by atoms with E-state index in [1.807, 2.05) is 6.92 Å². The van der Waals surface area contributed by atoms with Crippen molar-refractivity contribution in [3.05, 3.63) is 17.5 Å². The third-order valence-electron chi connectivity index (χ3n) is 1.79. The maximum atomic E-state index is 11.4. The van der Waals surface area contributed by atoms with Crippen LogP contribution >= 0.6 is 15.9 Å². The first-order chi connectivity index (χ1) is 6.63. The van der Waals surface area contributed by atoms with E-state index in [1.54, 1.807) is 13.0 Å². The van der Waals surface area contributed by atoms with E-state index in [-0.39, 0.29) is 5.91 Å². The van der Waals surface area contributed by atoms with Crippen molar-refractivity contribution in [3.8, 4) is 0 Å². The van der Waals surface area contributed by atoms with Gasteiger partial charge in [0.2, 0.25) is 0 Å². The third-order valence-corrected chi connectivity index (χ3v) is 2.76. The van der Waals surface area contributed by atoms with E-state index < -0.39 is 0 Å². The molecule has 0 saturated carbocycles. The quantitative estimate of drug-likeness (QED) is 0.842. The second-order valence-corrected chi connectivity index (χ2v) is 4.33. The Morgan fingerprint density at radius 1 is 1.79 bits per heavy atom. The summed E-state index contributed by atoms with van der Waals surface area (Å²) in [6.45, 7) is 4.40. The highest BCUT2D eigenvalue weighted by atomic mass is 79.9. The number of aryl methyl sites for hydroxylation is 1. The van der Waals surface area contributed by atoms with Crippen LogP contribution in [-0.2, 0) is 0 Å². The van der Waals surface area contributed by atoms with Crippen molar-refractivity contribution in [3.63, 3.8) is 0 Å². The molecule has 0 bridgehead atoms. The van der Waals surface area contributed by atoms with Gasteiger partial charge in [-0.15, -0.1) is 0 Å². The number of nitrogens with one attached hydrogen (secondary N) is 1. The molecule has 0 aliphatic heterocycles. The number of rotatable bonds is 4. The van der Waals surface area contributed by atoms with Gasteiger partial charge < -0.3 is 9.84 Å². The zero-order valence-electron chi connectivity index (χ0n) is 8.21. The summed E-state index contributed by atoms with van der Waals surface area (Å²) in [4.78, 5) is 11.7. The monoisotopic (exact) mass is 260 g/mol. The molecule has 0 spiro atoms. The highest BCUT2D eigenvalue weighted by Gasteiger charge is 2.11. The standard InChI is InChI=1S/C9H13BrN2O2/c1-3-7(10)5-11-9(13)8-4-6(2)14-12-8/h4,7H,3,5H2,1-2H3,(H,11,13). The molecule has 78 valence electrons. The van der Waals surface area contributed by atoms with Gasteiger partial charge in [0.25, 0.3) is 5.91 Å². The number of amides is 1. The van der Waals surface area contributed by atoms with Crippen molar-refractivity contribution >= 4 is 21.8 Å². The first-order valence-electron chi connectivity index (χ1n) is 4.49. The zero-order chi connectivity index (χ0) is 10.6. The second kappa shape index (κ2) is 5.14. The number of carbonyl (C=O) groups is 1. The van der Waals surface area contributed by atoms with Gasteiger partial charge in [0, 0.05) is 17.4 Å². The molecule has 1 amide bonds. The molecule has 0 aromatic carbocycles. The van der Waals surface area contributed by atoms with Crippen LogP contribution in [0.2, 0.25) is 0 Å². The molecule has 14 heavy (non-hydrogen) atoms. The zero-order valence-corrected chi connectivity index (χ0v) is 9.80. The summed E-state index contributed by atoms with van der Waals surface area (Å²) < 4.78 is 4.80. The lowest BCUT2D eigenvalue weighted by molar-refractivity contribution is 0.0945. The Morgan fingerprint density at radius 2 is 2.50 bits per heavy atom. The number of hydrogen-bond donors (Lipinski definition) is 1. The summed E-state index contributed by atoms with van der Waals surface area (Å²) >= 11 is 3.42. The number of hydrogen-bond acceptors (Lipinski definition) is 3. The SMILES string of the molecule is CCC(Br)CNC(=O)c1cc(C)on1. The van der Waals surface area contributed by atoms with Gasteiger partial charge in [0.05, 0.1) is 0 Å². The van der Waals surface area contributed by atoms with Crippen LogP contribution in [0, 0.1) is 6.92 Å². The van der Waals surface area contributed by atoms with Gasteiger partial charge in [-0.05, 0) is 13.3 Å². The van der Waals surface area contributed by atoms with E-state index in [1.165, 1.54) is 0 Å². The number of aromatic nitrogens is 1. The average Bonchev–Trinajstić information content (AvgIpc) is 2.60. The molecule has 1 aromatic heterocycles. The second-order valence-electron chi connectivity index (χ2n) is 3.04. The number of alkyl halides is 1. The number of halogens is 1. The molecule has 1 rings (SSSR count). The fourth-order valence-electron chi connectivity index (χ4n) is 0.912. The van der Waals surface area contributed by atoms with E-state index in [4.69, 9.17) is 4.52 Å². The van der Waals surface area contributed by atoms with Crippen molar-refractivity contribution in [1.29, 1.82) is 0 Å². The van der Waals surface area contributed by atoms with Gasteiger partial charge in [-0.25, -0.2) is 0 Å². The highest BCUT2D eigenvalue weighted by Crippen LogP contribution is 2.04. The topological polar surface area (TPSA) is 55.1 Å². The third kappa shape index (κ3) is 3.14. The molecule has 5 heteroatoms. The Morgan fingerprint density at radius 3 is 3.00 bits per heavy atom. The molecule has 0 fully saturated rings. The summed E-state index contributed by atoms with van der Waals surface area (Å²) in [7, 11) is 0. The Kier molecular flexibility index (Phi) is 4.13. The Labute approximate surface area is 91.2 Å². The molecule has 1 aromatic rings. The van der Waals surface area contributed by atoms with Gasteiger partial charge in [-0.2, -0.15) is 0 Å². The minimum Gasteiger partial charge on any atom is -0.361 e. The van der Waals surface area contributed by atoms with Gasteiger partial charge in [0.1, 0.15) is 5.76 Å². The lowest BCUT2D eigenvalue weighted by Crippen LogP contribution is -2.29. The van der Waals surface area contributed by atoms with Crippen LogP contribution in [0.4, 0.5) is 0 Å². The fourth-order valence-corrected chi connectivity index (χ4v) is 1.07. The molecule has 0 radical (unpaired) electrons. The lowest BCUT2D eigenvalue weighted by atomic mass is 10.3. The van der Waals surface area contributed by atoms with Crippen LogP contribution < -0.4 is 5.32 Å². The molecular weight excluding hydrogens is 248 g/mol. The van der Waals surface area contributed by atoms with Gasteiger partial charge in [-0.1, -0.05) is 28.0 Å². The van der Waals surface area contributed by atoms with Gasteiger partial charge in [-0.3, -0.25) is 4.79 Å². The van der Waals surface area contributed by atoms with Gasteiger partial charge >= 0.3 is 0 Å². The molecule has 1 unspecified atom stereocenters. The largest absolute Gasteiger partial charge is 0.361 e.